The minimum Gasteiger partial charge on any atom is -0.476 e. The van der Waals surface area contributed by atoms with E-state index >= 15 is 0 Å². The molecule has 114 valence electrons. The molecule has 1 atom stereocenters. The molecule has 7 heteroatoms. The molecule has 0 amide bonds. The Balaban J connectivity index is 2.05. The number of nitrogens with one attached hydrogen (secondary N) is 1. The van der Waals surface area contributed by atoms with E-state index in [0.717, 1.165) is 28.3 Å². The van der Waals surface area contributed by atoms with Crippen LogP contribution in [0.25, 0.3) is 0 Å². The number of hydrogen-bond acceptors (Lipinski definition) is 4. The first-order valence-electron chi connectivity index (χ1n) is 6.78. The number of carbonyl (C=O) groups is 1. The van der Waals surface area contributed by atoms with Crippen molar-refractivity contribution in [3.8, 4) is 0 Å². The molecular formula is C14H18FN3O2S. The number of aromatic carboxylic acids is 1. The van der Waals surface area contributed by atoms with Gasteiger partial charge in [-0.1, -0.05) is 6.92 Å². The van der Waals surface area contributed by atoms with E-state index in [1.54, 1.807) is 16.8 Å². The third-order valence-corrected chi connectivity index (χ3v) is 4.15. The first-order valence-corrected chi connectivity index (χ1v) is 7.59. The Morgan fingerprint density at radius 3 is 2.86 bits per heavy atom. The van der Waals surface area contributed by atoms with Gasteiger partial charge in [0.2, 0.25) is 0 Å². The maximum Gasteiger partial charge on any atom is 0.356 e. The number of thiophene rings is 1. The molecule has 2 rings (SSSR count). The first-order chi connectivity index (χ1) is 10.0. The Morgan fingerprint density at radius 1 is 1.52 bits per heavy atom. The van der Waals surface area contributed by atoms with E-state index in [1.165, 1.54) is 6.07 Å². The Hall–Kier alpha value is -1.73. The van der Waals surface area contributed by atoms with Crippen molar-refractivity contribution < 1.29 is 14.3 Å². The minimum absolute atomic E-state index is 0.0502. The summed E-state index contributed by atoms with van der Waals surface area (Å²) in [4.78, 5) is 11.9. The highest BCUT2D eigenvalue weighted by Crippen LogP contribution is 2.16. The van der Waals surface area contributed by atoms with Gasteiger partial charge in [0.25, 0.3) is 0 Å². The van der Waals surface area contributed by atoms with Gasteiger partial charge in [-0.3, -0.25) is 4.68 Å². The van der Waals surface area contributed by atoms with Gasteiger partial charge in [0.1, 0.15) is 0 Å². The van der Waals surface area contributed by atoms with Crippen molar-refractivity contribution in [2.45, 2.75) is 39.4 Å². The van der Waals surface area contributed by atoms with Gasteiger partial charge in [-0.25, -0.2) is 4.79 Å². The molecule has 0 aliphatic heterocycles. The number of nitrogens with zero attached hydrogens (tertiary/aromatic N) is 2. The SMILES string of the molecule is CC[C@@H](C)n1nc(C(=O)O)cc1CNCc1ccc(F)s1. The zero-order valence-corrected chi connectivity index (χ0v) is 12.8. The van der Waals surface area contributed by atoms with Gasteiger partial charge in [-0.05, 0) is 31.5 Å². The lowest BCUT2D eigenvalue weighted by Crippen LogP contribution is -2.17. The van der Waals surface area contributed by atoms with Crippen molar-refractivity contribution in [3.05, 3.63) is 39.6 Å². The molecule has 0 radical (unpaired) electrons. The van der Waals surface area contributed by atoms with E-state index in [1.807, 2.05) is 13.8 Å². The van der Waals surface area contributed by atoms with Crippen LogP contribution in [0.4, 0.5) is 4.39 Å². The van der Waals surface area contributed by atoms with E-state index in [9.17, 15) is 9.18 Å². The summed E-state index contributed by atoms with van der Waals surface area (Å²) in [5.41, 5.74) is 0.869. The van der Waals surface area contributed by atoms with Gasteiger partial charge in [-0.2, -0.15) is 9.49 Å². The maximum atomic E-state index is 12.9. The quantitative estimate of drug-likeness (QED) is 0.825. The largest absolute Gasteiger partial charge is 0.476 e. The lowest BCUT2D eigenvalue weighted by Gasteiger charge is -2.13. The Labute approximate surface area is 126 Å². The lowest BCUT2D eigenvalue weighted by atomic mass is 10.2. The number of halogens is 1. The number of carboxylic acids is 1. The lowest BCUT2D eigenvalue weighted by molar-refractivity contribution is 0.0689. The Kier molecular flexibility index (Phi) is 5.08. The third kappa shape index (κ3) is 3.89. The van der Waals surface area contributed by atoms with Crippen LogP contribution in [0.5, 0.6) is 0 Å². The molecule has 0 saturated carbocycles. The van der Waals surface area contributed by atoms with Gasteiger partial charge in [0.05, 0.1) is 5.69 Å². The summed E-state index contributed by atoms with van der Waals surface area (Å²) in [7, 11) is 0. The Bertz CT molecular complexity index is 624. The second kappa shape index (κ2) is 6.82. The summed E-state index contributed by atoms with van der Waals surface area (Å²) in [6, 6.07) is 4.89. The van der Waals surface area contributed by atoms with Crippen molar-refractivity contribution in [3.63, 3.8) is 0 Å². The van der Waals surface area contributed by atoms with Crippen molar-refractivity contribution >= 4 is 17.3 Å². The van der Waals surface area contributed by atoms with E-state index in [-0.39, 0.29) is 16.9 Å². The Morgan fingerprint density at radius 2 is 2.29 bits per heavy atom. The summed E-state index contributed by atoms with van der Waals surface area (Å²) >= 11 is 1.10. The van der Waals surface area contributed by atoms with Crippen molar-refractivity contribution in [2.75, 3.05) is 0 Å². The fourth-order valence-electron chi connectivity index (χ4n) is 1.98. The third-order valence-electron chi connectivity index (χ3n) is 3.27. The predicted octanol–water partition coefficient (Wildman–Crippen LogP) is 3.04. The molecule has 21 heavy (non-hydrogen) atoms. The van der Waals surface area contributed by atoms with E-state index < -0.39 is 5.97 Å². The van der Waals surface area contributed by atoms with Crippen LogP contribution >= 0.6 is 11.3 Å². The summed E-state index contributed by atoms with van der Waals surface area (Å²) in [6.07, 6.45) is 0.865. The van der Waals surface area contributed by atoms with Gasteiger partial charge in [0, 0.05) is 24.0 Å². The van der Waals surface area contributed by atoms with Crippen molar-refractivity contribution in [1.82, 2.24) is 15.1 Å². The highest BCUT2D eigenvalue weighted by Gasteiger charge is 2.16. The highest BCUT2D eigenvalue weighted by atomic mass is 32.1. The average molecular weight is 311 g/mol. The molecule has 0 saturated heterocycles. The van der Waals surface area contributed by atoms with Crippen LogP contribution in [0.1, 0.15) is 47.4 Å². The standard InChI is InChI=1S/C14H18FN3O2S/c1-3-9(2)18-10(6-12(17-18)14(19)20)7-16-8-11-4-5-13(15)21-11/h4-6,9,16H,3,7-8H2,1-2H3,(H,19,20)/t9-/m1/s1. The van der Waals surface area contributed by atoms with Crippen LogP contribution in [0, 0.1) is 5.13 Å². The second-order valence-electron chi connectivity index (χ2n) is 4.84. The summed E-state index contributed by atoms with van der Waals surface area (Å²) in [6.45, 7) is 5.06. The summed E-state index contributed by atoms with van der Waals surface area (Å²) < 4.78 is 14.6. The van der Waals surface area contributed by atoms with E-state index in [0.29, 0.717) is 13.1 Å². The van der Waals surface area contributed by atoms with Crippen LogP contribution in [0.15, 0.2) is 18.2 Å². The molecule has 0 bridgehead atoms. The van der Waals surface area contributed by atoms with Crippen molar-refractivity contribution in [1.29, 1.82) is 0 Å². The van der Waals surface area contributed by atoms with Gasteiger partial charge >= 0.3 is 5.97 Å². The normalized spacial score (nSPS) is 12.5. The molecule has 2 N–H and O–H groups in total. The van der Waals surface area contributed by atoms with Gasteiger partial charge in [0.15, 0.2) is 10.8 Å². The average Bonchev–Trinajstić information content (AvgIpc) is 3.05. The highest BCUT2D eigenvalue weighted by molar-refractivity contribution is 7.10. The monoisotopic (exact) mass is 311 g/mol. The predicted molar refractivity (Wildman–Crippen MR) is 79.0 cm³/mol. The fraction of sp³-hybridized carbons (Fsp3) is 0.429. The molecule has 0 fully saturated rings. The van der Waals surface area contributed by atoms with Gasteiger partial charge < -0.3 is 10.4 Å². The van der Waals surface area contributed by atoms with Crippen LogP contribution in [-0.4, -0.2) is 20.9 Å². The van der Waals surface area contributed by atoms with E-state index in [2.05, 4.69) is 10.4 Å². The molecular weight excluding hydrogens is 293 g/mol. The molecule has 5 nitrogen and oxygen atoms in total. The second-order valence-corrected chi connectivity index (χ2v) is 5.96. The molecule has 0 spiro atoms. The molecule has 0 unspecified atom stereocenters. The van der Waals surface area contributed by atoms with Crippen LogP contribution in [0.3, 0.4) is 0 Å². The van der Waals surface area contributed by atoms with Gasteiger partial charge in [-0.15, -0.1) is 11.3 Å². The zero-order valence-electron chi connectivity index (χ0n) is 12.0. The number of rotatable bonds is 7. The smallest absolute Gasteiger partial charge is 0.356 e. The van der Waals surface area contributed by atoms with E-state index in [4.69, 9.17) is 5.11 Å². The topological polar surface area (TPSA) is 67.2 Å². The van der Waals surface area contributed by atoms with Crippen LogP contribution in [0.2, 0.25) is 0 Å². The minimum atomic E-state index is -1.03. The number of carboxylic acid groups (broad SMARTS) is 1. The maximum absolute atomic E-state index is 12.9. The van der Waals surface area contributed by atoms with Crippen LogP contribution in [-0.2, 0) is 13.1 Å². The molecule has 2 aromatic rings. The molecule has 2 aromatic heterocycles. The number of hydrogen-bond donors (Lipinski definition) is 2. The molecule has 0 aliphatic rings. The molecule has 0 aromatic carbocycles. The van der Waals surface area contributed by atoms with Crippen LogP contribution < -0.4 is 5.32 Å². The first kappa shape index (κ1) is 15.7. The fourth-order valence-corrected chi connectivity index (χ4v) is 2.68. The summed E-state index contributed by atoms with van der Waals surface area (Å²) in [5, 5.41) is 16.2. The molecule has 0 aliphatic carbocycles. The number of aromatic nitrogens is 2. The zero-order chi connectivity index (χ0) is 15.4. The molecule has 2 heterocycles. The van der Waals surface area contributed by atoms with Crippen molar-refractivity contribution in [2.24, 2.45) is 0 Å². The summed E-state index contributed by atoms with van der Waals surface area (Å²) in [5.74, 6) is -1.03.